The number of ether oxygens (including phenoxy) is 1. The largest absolute Gasteiger partial charge is 0.451 e. The van der Waals surface area contributed by atoms with Gasteiger partial charge in [-0.05, 0) is 36.4 Å². The summed E-state index contributed by atoms with van der Waals surface area (Å²) in [7, 11) is -6.21. The van der Waals surface area contributed by atoms with E-state index in [9.17, 15) is 26.0 Å². The first-order valence-electron chi connectivity index (χ1n) is 9.64. The van der Waals surface area contributed by atoms with Crippen LogP contribution in [-0.2, 0) is 21.0 Å². The summed E-state index contributed by atoms with van der Waals surface area (Å²) in [4.78, 5) is 0.445. The molecule has 0 spiro atoms. The monoisotopic (exact) mass is 507 g/mol. The van der Waals surface area contributed by atoms with Gasteiger partial charge in [0.2, 0.25) is 17.4 Å². The third kappa shape index (κ3) is 4.65. The van der Waals surface area contributed by atoms with Crippen LogP contribution < -0.4 is 4.74 Å². The molecule has 0 saturated carbocycles. The van der Waals surface area contributed by atoms with Gasteiger partial charge in [-0.25, -0.2) is 8.78 Å². The Kier molecular flexibility index (Phi) is 6.65. The van der Waals surface area contributed by atoms with Crippen LogP contribution in [-0.4, -0.2) is 13.0 Å². The van der Waals surface area contributed by atoms with Crippen molar-refractivity contribution in [2.75, 3.05) is 0 Å². The van der Waals surface area contributed by atoms with E-state index in [1.54, 1.807) is 12.1 Å². The fourth-order valence-corrected chi connectivity index (χ4v) is 5.97. The van der Waals surface area contributed by atoms with E-state index >= 15 is 0 Å². The molecule has 0 heterocycles. The topological polar surface area (TPSA) is 63.6 Å². The first kappa shape index (κ1) is 23.8. The summed E-state index contributed by atoms with van der Waals surface area (Å²) in [6, 6.07) is 25.0. The number of benzene rings is 4. The van der Waals surface area contributed by atoms with Crippen LogP contribution in [0.2, 0.25) is 0 Å². The molecule has 0 aromatic heterocycles. The third-order valence-corrected chi connectivity index (χ3v) is 7.75. The Hall–Kier alpha value is -3.34. The van der Waals surface area contributed by atoms with Gasteiger partial charge < -0.3 is 4.74 Å². The molecule has 0 saturated heterocycles. The van der Waals surface area contributed by atoms with E-state index < -0.39 is 54.9 Å². The molecule has 0 aliphatic carbocycles. The molecule has 0 unspecified atom stereocenters. The van der Waals surface area contributed by atoms with Crippen molar-refractivity contribution in [3.8, 4) is 11.5 Å². The van der Waals surface area contributed by atoms with Crippen molar-refractivity contribution in [2.45, 2.75) is 19.6 Å². The van der Waals surface area contributed by atoms with E-state index in [1.807, 2.05) is 60.7 Å². The van der Waals surface area contributed by atoms with Gasteiger partial charge >= 0.3 is 10.1 Å². The normalized spacial score (nSPS) is 11.6. The lowest BCUT2D eigenvalue weighted by Gasteiger charge is -2.13. The molecule has 0 amide bonds. The third-order valence-electron chi connectivity index (χ3n) is 4.66. The van der Waals surface area contributed by atoms with Crippen molar-refractivity contribution in [1.29, 1.82) is 0 Å². The Labute approximate surface area is 195 Å². The number of halogens is 4. The van der Waals surface area contributed by atoms with Crippen LogP contribution in [0.25, 0.3) is 0 Å². The number of rotatable bonds is 6. The summed E-state index contributed by atoms with van der Waals surface area (Å²) in [6.07, 6.45) is 0. The van der Waals surface area contributed by atoms with Crippen molar-refractivity contribution < 1.29 is 35.3 Å². The van der Waals surface area contributed by atoms with Crippen molar-refractivity contribution in [3.63, 3.8) is 0 Å². The summed E-state index contributed by atoms with van der Waals surface area (Å²) in [6.45, 7) is 0. The van der Waals surface area contributed by atoms with Gasteiger partial charge in [0.1, 0.15) is 5.75 Å². The average molecular weight is 508 g/mol. The van der Waals surface area contributed by atoms with Gasteiger partial charge in [0.05, 0.1) is 10.9 Å². The van der Waals surface area contributed by atoms with E-state index in [4.69, 9.17) is 9.29 Å². The molecule has 0 aliphatic rings. The van der Waals surface area contributed by atoms with Gasteiger partial charge in [0, 0.05) is 6.07 Å². The van der Waals surface area contributed by atoms with E-state index in [-0.39, 0.29) is 5.75 Å². The summed E-state index contributed by atoms with van der Waals surface area (Å²) >= 11 is 0. The highest BCUT2D eigenvalue weighted by Gasteiger charge is 2.34. The minimum Gasteiger partial charge on any atom is -0.451 e. The Morgan fingerprint density at radius 2 is 1.12 bits per heavy atom. The lowest BCUT2D eigenvalue weighted by atomic mass is 10.2. The second-order valence-corrected chi connectivity index (χ2v) is 10.3. The van der Waals surface area contributed by atoms with Crippen molar-refractivity contribution in [3.05, 3.63) is 108 Å². The standard InChI is InChI=1S/C24H14F4O4S2/c25-19-21(27)24(34(29,30)31)22(28)20(26)23(19)32-15-8-7-13-18(14-15)33(16-9-3-1-4-10-16)17-11-5-2-6-12-17/h1-14H/p+1. The minimum absolute atomic E-state index is 0.141. The van der Waals surface area contributed by atoms with Crippen molar-refractivity contribution in [1.82, 2.24) is 0 Å². The maximum Gasteiger partial charge on any atom is 0.300 e. The van der Waals surface area contributed by atoms with Crippen LogP contribution in [0.5, 0.6) is 11.5 Å². The zero-order valence-corrected chi connectivity index (χ0v) is 18.7. The molecule has 0 radical (unpaired) electrons. The molecule has 0 bridgehead atoms. The second kappa shape index (κ2) is 9.49. The molecule has 4 nitrogen and oxygen atoms in total. The van der Waals surface area contributed by atoms with Crippen LogP contribution in [0.15, 0.2) is 105 Å². The first-order chi connectivity index (χ1) is 16.2. The smallest absolute Gasteiger partial charge is 0.300 e. The van der Waals surface area contributed by atoms with Gasteiger partial charge in [0.15, 0.2) is 31.2 Å². The van der Waals surface area contributed by atoms with Crippen LogP contribution in [0, 0.1) is 23.3 Å². The van der Waals surface area contributed by atoms with Crippen LogP contribution >= 0.6 is 0 Å². The lowest BCUT2D eigenvalue weighted by molar-refractivity contribution is 0.346. The fraction of sp³-hybridized carbons (Fsp3) is 0. The molecule has 174 valence electrons. The molecule has 10 heteroatoms. The summed E-state index contributed by atoms with van der Waals surface area (Å²) in [5.74, 6) is -10.4. The number of hydrogen-bond donors (Lipinski definition) is 1. The Balaban J connectivity index is 1.79. The number of hydrogen-bond acceptors (Lipinski definition) is 3. The van der Waals surface area contributed by atoms with Gasteiger partial charge in [-0.15, -0.1) is 0 Å². The fourth-order valence-electron chi connectivity index (χ4n) is 3.21. The predicted molar refractivity (Wildman–Crippen MR) is 118 cm³/mol. The highest BCUT2D eigenvalue weighted by Crippen LogP contribution is 2.37. The zero-order valence-electron chi connectivity index (χ0n) is 17.1. The predicted octanol–water partition coefficient (Wildman–Crippen LogP) is 6.38. The second-order valence-electron chi connectivity index (χ2n) is 6.90. The molecular formula is C24H15F4O4S2+. The summed E-state index contributed by atoms with van der Waals surface area (Å²) < 4.78 is 93.5. The molecule has 4 aromatic rings. The lowest BCUT2D eigenvalue weighted by Crippen LogP contribution is -2.11. The summed E-state index contributed by atoms with van der Waals surface area (Å²) in [5.41, 5.74) is 0. The highest BCUT2D eigenvalue weighted by molar-refractivity contribution is 7.97. The van der Waals surface area contributed by atoms with E-state index in [0.29, 0.717) is 4.90 Å². The molecular weight excluding hydrogens is 492 g/mol. The molecule has 0 fully saturated rings. The van der Waals surface area contributed by atoms with E-state index in [2.05, 4.69) is 0 Å². The molecule has 34 heavy (non-hydrogen) atoms. The maximum atomic E-state index is 14.4. The Morgan fingerprint density at radius 1 is 0.647 bits per heavy atom. The SMILES string of the molecule is O=S(=O)(O)c1c(F)c(F)c(Oc2cccc([S+](c3ccccc3)c3ccccc3)c2)c(F)c1F. The van der Waals surface area contributed by atoms with Gasteiger partial charge in [-0.2, -0.15) is 17.2 Å². The van der Waals surface area contributed by atoms with Crippen molar-refractivity contribution >= 4 is 21.0 Å². The first-order valence-corrected chi connectivity index (χ1v) is 12.3. The molecule has 4 rings (SSSR count). The quantitative estimate of drug-likeness (QED) is 0.142. The van der Waals surface area contributed by atoms with Crippen LogP contribution in [0.3, 0.4) is 0 Å². The van der Waals surface area contributed by atoms with Gasteiger partial charge in [0.25, 0.3) is 0 Å². The Bertz CT molecular complexity index is 1380. The molecule has 0 aliphatic heterocycles. The summed E-state index contributed by atoms with van der Waals surface area (Å²) in [5, 5.41) is 0. The van der Waals surface area contributed by atoms with Crippen LogP contribution in [0.1, 0.15) is 0 Å². The van der Waals surface area contributed by atoms with E-state index in [1.165, 1.54) is 12.1 Å². The average Bonchev–Trinajstić information content (AvgIpc) is 2.82. The minimum atomic E-state index is -5.56. The van der Waals surface area contributed by atoms with Crippen molar-refractivity contribution in [2.24, 2.45) is 0 Å². The van der Waals surface area contributed by atoms with Gasteiger partial charge in [-0.1, -0.05) is 42.5 Å². The molecule has 4 aromatic carbocycles. The molecule has 1 N–H and O–H groups in total. The van der Waals surface area contributed by atoms with Crippen LogP contribution in [0.4, 0.5) is 17.6 Å². The highest BCUT2D eigenvalue weighted by atomic mass is 32.2. The van der Waals surface area contributed by atoms with E-state index in [0.717, 1.165) is 9.79 Å². The molecule has 0 atom stereocenters. The Morgan fingerprint density at radius 3 is 1.59 bits per heavy atom. The zero-order chi connectivity index (χ0) is 24.5. The maximum absolute atomic E-state index is 14.4. The van der Waals surface area contributed by atoms with Gasteiger partial charge in [-0.3, -0.25) is 4.55 Å².